The number of carbonyl (C=O) groups is 1. The van der Waals surface area contributed by atoms with Gasteiger partial charge in [-0.3, -0.25) is 0 Å². The van der Waals surface area contributed by atoms with Crippen LogP contribution in [0.3, 0.4) is 0 Å². The topological polar surface area (TPSA) is 48.7 Å². The molecular weight excluding hydrogens is 325 g/mol. The van der Waals surface area contributed by atoms with E-state index in [4.69, 9.17) is 13.9 Å². The Bertz CT molecular complexity index is 776. The van der Waals surface area contributed by atoms with E-state index in [9.17, 15) is 18.0 Å². The molecule has 1 aliphatic rings. The quantitative estimate of drug-likeness (QED) is 0.787. The van der Waals surface area contributed by atoms with Crippen LogP contribution in [0, 0.1) is 0 Å². The molecule has 1 atom stereocenters. The normalized spacial score (nSPS) is 16.8. The van der Waals surface area contributed by atoms with Gasteiger partial charge < -0.3 is 13.9 Å². The highest BCUT2D eigenvalue weighted by molar-refractivity contribution is 5.96. The molecule has 0 spiro atoms. The highest BCUT2D eigenvalue weighted by Gasteiger charge is 2.48. The molecular formula is C17H13F3O4. The third-order valence-corrected chi connectivity index (χ3v) is 3.47. The zero-order valence-corrected chi connectivity index (χ0v) is 12.6. The SMILES string of the molecule is CCOC(=O)C1=Cc2ccc(-c3ccco3)cc2OC1C(F)(F)F. The minimum atomic E-state index is -4.74. The molecule has 3 rings (SSSR count). The van der Waals surface area contributed by atoms with Gasteiger partial charge in [-0.1, -0.05) is 12.1 Å². The summed E-state index contributed by atoms with van der Waals surface area (Å²) in [4.78, 5) is 11.8. The summed E-state index contributed by atoms with van der Waals surface area (Å²) in [7, 11) is 0. The number of esters is 1. The Kier molecular flexibility index (Phi) is 4.09. The van der Waals surface area contributed by atoms with Crippen molar-refractivity contribution in [3.8, 4) is 17.1 Å². The summed E-state index contributed by atoms with van der Waals surface area (Å²) in [5.41, 5.74) is 0.379. The monoisotopic (exact) mass is 338 g/mol. The molecule has 1 aromatic carbocycles. The van der Waals surface area contributed by atoms with Gasteiger partial charge in [-0.2, -0.15) is 13.2 Å². The van der Waals surface area contributed by atoms with Crippen molar-refractivity contribution in [2.75, 3.05) is 6.61 Å². The number of halogens is 3. The number of furan rings is 1. The fourth-order valence-electron chi connectivity index (χ4n) is 2.41. The van der Waals surface area contributed by atoms with E-state index < -0.39 is 23.8 Å². The zero-order valence-electron chi connectivity index (χ0n) is 12.6. The second-order valence-corrected chi connectivity index (χ2v) is 5.09. The summed E-state index contributed by atoms with van der Waals surface area (Å²) in [6.07, 6.45) is -4.49. The number of benzene rings is 1. The molecule has 2 heterocycles. The van der Waals surface area contributed by atoms with Crippen molar-refractivity contribution >= 4 is 12.0 Å². The Labute approximate surface area is 135 Å². The predicted octanol–water partition coefficient (Wildman–Crippen LogP) is 4.22. The van der Waals surface area contributed by atoms with Crippen LogP contribution in [0.4, 0.5) is 13.2 Å². The lowest BCUT2D eigenvalue weighted by molar-refractivity contribution is -0.187. The van der Waals surface area contributed by atoms with Gasteiger partial charge in [0.05, 0.1) is 18.4 Å². The van der Waals surface area contributed by atoms with Crippen molar-refractivity contribution in [1.29, 1.82) is 0 Å². The van der Waals surface area contributed by atoms with Crippen LogP contribution < -0.4 is 4.74 Å². The Morgan fingerprint density at radius 3 is 2.71 bits per heavy atom. The number of alkyl halides is 3. The maximum absolute atomic E-state index is 13.3. The molecule has 0 aliphatic carbocycles. The van der Waals surface area contributed by atoms with Crippen LogP contribution in [0.1, 0.15) is 12.5 Å². The molecule has 0 bridgehead atoms. The first-order valence-corrected chi connectivity index (χ1v) is 7.20. The standard InChI is InChI=1S/C17H13F3O4/c1-2-22-16(21)12-8-10-5-6-11(13-4-3-7-23-13)9-14(10)24-15(12)17(18,19)20/h3-9,15H,2H2,1H3. The Balaban J connectivity index is 2.03. The lowest BCUT2D eigenvalue weighted by Gasteiger charge is -2.28. The van der Waals surface area contributed by atoms with E-state index in [-0.39, 0.29) is 12.4 Å². The highest BCUT2D eigenvalue weighted by atomic mass is 19.4. The van der Waals surface area contributed by atoms with Crippen LogP contribution >= 0.6 is 0 Å². The maximum Gasteiger partial charge on any atom is 0.430 e. The molecule has 4 nitrogen and oxygen atoms in total. The third-order valence-electron chi connectivity index (χ3n) is 3.47. The third kappa shape index (κ3) is 3.02. The molecule has 2 aromatic rings. The summed E-state index contributed by atoms with van der Waals surface area (Å²) in [6.45, 7) is 1.50. The lowest BCUT2D eigenvalue weighted by atomic mass is 9.99. The first kappa shape index (κ1) is 16.2. The minimum absolute atomic E-state index is 0.0228. The molecule has 126 valence electrons. The van der Waals surface area contributed by atoms with Gasteiger partial charge in [0.1, 0.15) is 11.5 Å². The smallest absolute Gasteiger partial charge is 0.430 e. The maximum atomic E-state index is 13.3. The molecule has 0 fully saturated rings. The van der Waals surface area contributed by atoms with Crippen LogP contribution in [0.15, 0.2) is 46.6 Å². The van der Waals surface area contributed by atoms with Crippen LogP contribution in [-0.2, 0) is 9.53 Å². The average molecular weight is 338 g/mol. The van der Waals surface area contributed by atoms with Gasteiger partial charge in [0, 0.05) is 11.1 Å². The summed E-state index contributed by atoms with van der Waals surface area (Å²) >= 11 is 0. The number of rotatable bonds is 3. The highest BCUT2D eigenvalue weighted by Crippen LogP contribution is 2.39. The first-order valence-electron chi connectivity index (χ1n) is 7.20. The van der Waals surface area contributed by atoms with Gasteiger partial charge in [-0.25, -0.2) is 4.79 Å². The number of ether oxygens (including phenoxy) is 2. The molecule has 1 aliphatic heterocycles. The van der Waals surface area contributed by atoms with E-state index in [0.717, 1.165) is 6.08 Å². The van der Waals surface area contributed by atoms with Crippen LogP contribution in [0.2, 0.25) is 0 Å². The van der Waals surface area contributed by atoms with Crippen molar-refractivity contribution in [1.82, 2.24) is 0 Å². The van der Waals surface area contributed by atoms with Crippen molar-refractivity contribution < 1.29 is 31.9 Å². The second kappa shape index (κ2) is 6.07. The molecule has 0 saturated carbocycles. The molecule has 1 aromatic heterocycles. The Morgan fingerprint density at radius 2 is 2.08 bits per heavy atom. The summed E-state index contributed by atoms with van der Waals surface area (Å²) in [5.74, 6) is -0.509. The predicted molar refractivity (Wildman–Crippen MR) is 79.2 cm³/mol. The van der Waals surface area contributed by atoms with Gasteiger partial charge in [-0.15, -0.1) is 0 Å². The van der Waals surface area contributed by atoms with Crippen LogP contribution in [0.25, 0.3) is 17.4 Å². The fraction of sp³-hybridized carbons (Fsp3) is 0.235. The van der Waals surface area contributed by atoms with Crippen molar-refractivity contribution in [3.63, 3.8) is 0 Å². The average Bonchev–Trinajstić information content (AvgIpc) is 3.07. The summed E-state index contributed by atoms with van der Waals surface area (Å²) in [5, 5.41) is 0. The fourth-order valence-corrected chi connectivity index (χ4v) is 2.41. The van der Waals surface area contributed by atoms with E-state index in [1.807, 2.05) is 0 Å². The van der Waals surface area contributed by atoms with E-state index in [1.54, 1.807) is 24.3 Å². The number of hydrogen-bond acceptors (Lipinski definition) is 4. The first-order chi connectivity index (χ1) is 11.4. The van der Waals surface area contributed by atoms with Gasteiger partial charge in [0.25, 0.3) is 0 Å². The molecule has 24 heavy (non-hydrogen) atoms. The van der Waals surface area contributed by atoms with Crippen LogP contribution in [0.5, 0.6) is 5.75 Å². The van der Waals surface area contributed by atoms with Crippen molar-refractivity contribution in [2.45, 2.75) is 19.2 Å². The Morgan fingerprint density at radius 1 is 1.29 bits per heavy atom. The molecule has 0 N–H and O–H groups in total. The lowest BCUT2D eigenvalue weighted by Crippen LogP contribution is -2.40. The van der Waals surface area contributed by atoms with Crippen molar-refractivity contribution in [3.05, 3.63) is 47.7 Å². The van der Waals surface area contributed by atoms with E-state index >= 15 is 0 Å². The molecule has 0 saturated heterocycles. The number of carbonyl (C=O) groups excluding carboxylic acids is 1. The van der Waals surface area contributed by atoms with Gasteiger partial charge in [0.15, 0.2) is 0 Å². The number of hydrogen-bond donors (Lipinski definition) is 0. The van der Waals surface area contributed by atoms with Gasteiger partial charge in [-0.05, 0) is 31.2 Å². The molecule has 0 amide bonds. The molecule has 0 radical (unpaired) electrons. The van der Waals surface area contributed by atoms with Gasteiger partial charge in [0.2, 0.25) is 6.10 Å². The largest absolute Gasteiger partial charge is 0.475 e. The molecule has 7 heteroatoms. The van der Waals surface area contributed by atoms with Gasteiger partial charge >= 0.3 is 12.1 Å². The van der Waals surface area contributed by atoms with E-state index in [1.165, 1.54) is 19.3 Å². The van der Waals surface area contributed by atoms with E-state index in [0.29, 0.717) is 16.9 Å². The van der Waals surface area contributed by atoms with E-state index in [2.05, 4.69) is 0 Å². The zero-order chi connectivity index (χ0) is 17.3. The number of fused-ring (bicyclic) bond motifs is 1. The van der Waals surface area contributed by atoms with Crippen LogP contribution in [-0.4, -0.2) is 24.9 Å². The molecule has 1 unspecified atom stereocenters. The summed E-state index contributed by atoms with van der Waals surface area (Å²) in [6, 6.07) is 8.05. The van der Waals surface area contributed by atoms with Crippen molar-refractivity contribution in [2.24, 2.45) is 0 Å². The minimum Gasteiger partial charge on any atom is -0.475 e. The second-order valence-electron chi connectivity index (χ2n) is 5.09. The summed E-state index contributed by atoms with van der Waals surface area (Å²) < 4.78 is 54.8. The Hall–Kier alpha value is -2.70.